The lowest BCUT2D eigenvalue weighted by Gasteiger charge is -2.24. The van der Waals surface area contributed by atoms with Crippen molar-refractivity contribution in [1.29, 1.82) is 0 Å². The maximum absolute atomic E-state index is 10.8. The van der Waals surface area contributed by atoms with Crippen LogP contribution in [0.15, 0.2) is 48.5 Å². The van der Waals surface area contributed by atoms with Crippen LogP contribution in [0.4, 0.5) is 0 Å². The molecule has 0 unspecified atom stereocenters. The van der Waals surface area contributed by atoms with Gasteiger partial charge in [0.25, 0.3) is 5.79 Å². The molecule has 0 saturated carbocycles. The Morgan fingerprint density at radius 2 is 1.61 bits per heavy atom. The molecule has 2 N–H and O–H groups in total. The lowest BCUT2D eigenvalue weighted by molar-refractivity contribution is 0.00633. The molecule has 4 aromatic rings. The molecule has 2 atom stereocenters. The second-order valence-electron chi connectivity index (χ2n) is 6.80. The van der Waals surface area contributed by atoms with Crippen molar-refractivity contribution in [3.63, 3.8) is 0 Å². The lowest BCUT2D eigenvalue weighted by Crippen LogP contribution is -2.30. The normalized spacial score (nSPS) is 29.1. The summed E-state index contributed by atoms with van der Waals surface area (Å²) in [6.45, 7) is 0. The molecule has 1 heterocycles. The molecular formula is C20H14O3. The van der Waals surface area contributed by atoms with Gasteiger partial charge in [-0.25, -0.2) is 0 Å². The summed E-state index contributed by atoms with van der Waals surface area (Å²) in [6.07, 6.45) is 1.15. The second-order valence-corrected chi connectivity index (χ2v) is 6.80. The van der Waals surface area contributed by atoms with Crippen molar-refractivity contribution < 1.29 is 14.9 Å². The molecule has 1 aliphatic heterocycles. The highest BCUT2D eigenvalue weighted by Gasteiger charge is 2.73. The van der Waals surface area contributed by atoms with Crippen molar-refractivity contribution in [2.45, 2.75) is 24.4 Å². The topological polar surface area (TPSA) is 53.0 Å². The molecule has 4 aromatic carbocycles. The van der Waals surface area contributed by atoms with Gasteiger partial charge in [-0.3, -0.25) is 0 Å². The van der Waals surface area contributed by atoms with Crippen molar-refractivity contribution in [1.82, 2.24) is 0 Å². The van der Waals surface area contributed by atoms with E-state index in [-0.39, 0.29) is 0 Å². The van der Waals surface area contributed by atoms with Crippen molar-refractivity contribution in [2.24, 2.45) is 0 Å². The van der Waals surface area contributed by atoms with Gasteiger partial charge >= 0.3 is 0 Å². The first-order valence-corrected chi connectivity index (χ1v) is 7.96. The minimum absolute atomic E-state index is 0.435. The van der Waals surface area contributed by atoms with Gasteiger partial charge in [-0.15, -0.1) is 0 Å². The molecule has 0 radical (unpaired) electrons. The summed E-state index contributed by atoms with van der Waals surface area (Å²) in [5.41, 5.74) is 1.82. The van der Waals surface area contributed by atoms with Gasteiger partial charge in [0.2, 0.25) is 5.79 Å². The number of aliphatic hydroxyl groups is 2. The number of ether oxygens (including phenoxy) is 1. The Hall–Kier alpha value is -2.20. The van der Waals surface area contributed by atoms with Gasteiger partial charge in [0, 0.05) is 12.0 Å². The fourth-order valence-electron chi connectivity index (χ4n) is 4.46. The molecule has 0 bridgehead atoms. The van der Waals surface area contributed by atoms with Crippen molar-refractivity contribution >= 4 is 32.3 Å². The smallest absolute Gasteiger partial charge is 0.252 e. The number of hydrogen-bond donors (Lipinski definition) is 2. The summed E-state index contributed by atoms with van der Waals surface area (Å²) in [5, 5.41) is 28.1. The highest BCUT2D eigenvalue weighted by atomic mass is 16.8. The van der Waals surface area contributed by atoms with E-state index in [2.05, 4.69) is 42.5 Å². The molecule has 23 heavy (non-hydrogen) atoms. The SMILES string of the molecule is O[C@@]12O[C@@]1(O)CCc1cc3ccc4cccc5ccc(c12)c3c45. The van der Waals surface area contributed by atoms with Crippen molar-refractivity contribution in [3.8, 4) is 0 Å². The molecule has 0 amide bonds. The Morgan fingerprint density at radius 3 is 2.43 bits per heavy atom. The van der Waals surface area contributed by atoms with E-state index in [4.69, 9.17) is 4.74 Å². The van der Waals surface area contributed by atoms with E-state index in [1.807, 2.05) is 6.07 Å². The number of hydrogen-bond acceptors (Lipinski definition) is 3. The van der Waals surface area contributed by atoms with Crippen LogP contribution in [0.5, 0.6) is 0 Å². The Balaban J connectivity index is 1.88. The molecule has 1 fully saturated rings. The number of benzene rings is 4. The quantitative estimate of drug-likeness (QED) is 0.387. The van der Waals surface area contributed by atoms with E-state index < -0.39 is 11.6 Å². The standard InChI is InChI=1S/C20H14O3/c21-19-9-8-14-10-13-5-4-11-2-1-3-12-6-7-15(17(13)16(11)12)18(14)20(19,22)23-19/h1-7,10,21-22H,8-9H2/t19-,20-/m0/s1. The Labute approximate surface area is 132 Å². The van der Waals surface area contributed by atoms with Gasteiger partial charge < -0.3 is 14.9 Å². The summed E-state index contributed by atoms with van der Waals surface area (Å²) in [7, 11) is 0. The van der Waals surface area contributed by atoms with Crippen LogP contribution in [0.2, 0.25) is 0 Å². The zero-order chi connectivity index (χ0) is 15.4. The maximum Gasteiger partial charge on any atom is 0.252 e. The fraction of sp³-hybridized carbons (Fsp3) is 0.200. The number of rotatable bonds is 0. The third-order valence-corrected chi connectivity index (χ3v) is 5.61. The summed E-state index contributed by atoms with van der Waals surface area (Å²) in [6, 6.07) is 16.9. The fourth-order valence-corrected chi connectivity index (χ4v) is 4.46. The molecule has 0 aromatic heterocycles. The number of fused-ring (bicyclic) bond motifs is 4. The summed E-state index contributed by atoms with van der Waals surface area (Å²) < 4.78 is 5.38. The van der Waals surface area contributed by atoms with Crippen LogP contribution in [0.25, 0.3) is 32.3 Å². The maximum atomic E-state index is 10.8. The first-order valence-electron chi connectivity index (χ1n) is 7.96. The third-order valence-electron chi connectivity index (χ3n) is 5.61. The van der Waals surface area contributed by atoms with Crippen LogP contribution in [-0.4, -0.2) is 16.0 Å². The molecule has 1 aliphatic carbocycles. The Kier molecular flexibility index (Phi) is 1.86. The molecule has 1 saturated heterocycles. The van der Waals surface area contributed by atoms with Gasteiger partial charge in [0.05, 0.1) is 0 Å². The second kappa shape index (κ2) is 3.49. The van der Waals surface area contributed by atoms with Crippen LogP contribution in [0, 0.1) is 0 Å². The van der Waals surface area contributed by atoms with Gasteiger partial charge in [0.15, 0.2) is 0 Å². The van der Waals surface area contributed by atoms with E-state index in [0.29, 0.717) is 12.8 Å². The highest BCUT2D eigenvalue weighted by molar-refractivity contribution is 6.24. The zero-order valence-electron chi connectivity index (χ0n) is 12.3. The van der Waals surface area contributed by atoms with Crippen LogP contribution in [0.1, 0.15) is 17.5 Å². The predicted octanol–water partition coefficient (Wildman–Crippen LogP) is 3.39. The van der Waals surface area contributed by atoms with Gasteiger partial charge in [-0.2, -0.15) is 0 Å². The number of aryl methyl sites for hydroxylation is 1. The molecule has 0 spiro atoms. The zero-order valence-corrected chi connectivity index (χ0v) is 12.3. The minimum atomic E-state index is -1.55. The van der Waals surface area contributed by atoms with Gasteiger partial charge in [-0.1, -0.05) is 48.5 Å². The summed E-state index contributed by atoms with van der Waals surface area (Å²) in [5.74, 6) is -2.97. The molecule has 6 rings (SSSR count). The molecule has 3 nitrogen and oxygen atoms in total. The van der Waals surface area contributed by atoms with E-state index in [1.165, 1.54) is 21.5 Å². The Bertz CT molecular complexity index is 1120. The van der Waals surface area contributed by atoms with Crippen LogP contribution in [0.3, 0.4) is 0 Å². The van der Waals surface area contributed by atoms with Gasteiger partial charge in [-0.05, 0) is 44.3 Å². The minimum Gasteiger partial charge on any atom is -0.361 e. The average Bonchev–Trinajstić information content (AvgIpc) is 3.15. The van der Waals surface area contributed by atoms with Crippen molar-refractivity contribution in [2.75, 3.05) is 0 Å². The first-order chi connectivity index (χ1) is 11.1. The first kappa shape index (κ1) is 12.3. The monoisotopic (exact) mass is 302 g/mol. The predicted molar refractivity (Wildman–Crippen MR) is 88.4 cm³/mol. The summed E-state index contributed by atoms with van der Waals surface area (Å²) in [4.78, 5) is 0. The lowest BCUT2D eigenvalue weighted by atomic mass is 9.81. The molecule has 2 aliphatic rings. The largest absolute Gasteiger partial charge is 0.361 e. The highest BCUT2D eigenvalue weighted by Crippen LogP contribution is 2.60. The van der Waals surface area contributed by atoms with Crippen molar-refractivity contribution in [3.05, 3.63) is 59.7 Å². The Morgan fingerprint density at radius 1 is 0.870 bits per heavy atom. The average molecular weight is 302 g/mol. The van der Waals surface area contributed by atoms with E-state index in [1.54, 1.807) is 0 Å². The van der Waals surface area contributed by atoms with E-state index in [9.17, 15) is 10.2 Å². The third kappa shape index (κ3) is 1.25. The van der Waals surface area contributed by atoms with Crippen LogP contribution >= 0.6 is 0 Å². The van der Waals surface area contributed by atoms with Crippen LogP contribution < -0.4 is 0 Å². The molecule has 112 valence electrons. The number of epoxide rings is 1. The summed E-state index contributed by atoms with van der Waals surface area (Å²) >= 11 is 0. The van der Waals surface area contributed by atoms with Gasteiger partial charge in [0.1, 0.15) is 0 Å². The van der Waals surface area contributed by atoms with Crippen LogP contribution in [-0.2, 0) is 16.9 Å². The molecular weight excluding hydrogens is 288 g/mol. The van der Waals surface area contributed by atoms with E-state index in [0.717, 1.165) is 21.9 Å². The van der Waals surface area contributed by atoms with E-state index >= 15 is 0 Å². The molecule has 3 heteroatoms.